The SMILES string of the molecule is CC1CC(NC(=O)C2Cc3ccccc3N2)CCN1C. The number of carbonyl (C=O) groups is 1. The van der Waals surface area contributed by atoms with E-state index in [-0.39, 0.29) is 11.9 Å². The predicted octanol–water partition coefficient (Wildman–Crippen LogP) is 1.62. The molecule has 0 bridgehead atoms. The van der Waals surface area contributed by atoms with E-state index in [2.05, 4.69) is 35.6 Å². The number of hydrogen-bond acceptors (Lipinski definition) is 3. The van der Waals surface area contributed by atoms with Crippen molar-refractivity contribution in [2.75, 3.05) is 18.9 Å². The quantitative estimate of drug-likeness (QED) is 0.860. The molecule has 3 rings (SSSR count). The molecule has 4 heteroatoms. The first-order chi connectivity index (χ1) is 9.63. The fourth-order valence-electron chi connectivity index (χ4n) is 3.18. The zero-order valence-corrected chi connectivity index (χ0v) is 12.2. The van der Waals surface area contributed by atoms with Crippen LogP contribution in [-0.4, -0.2) is 42.5 Å². The summed E-state index contributed by atoms with van der Waals surface area (Å²) in [6.07, 6.45) is 2.89. The Morgan fingerprint density at radius 3 is 2.95 bits per heavy atom. The number of likely N-dealkylation sites (tertiary alicyclic amines) is 1. The predicted molar refractivity (Wildman–Crippen MR) is 80.8 cm³/mol. The molecule has 1 amide bonds. The number of rotatable bonds is 2. The normalized spacial score (nSPS) is 29.6. The standard InChI is InChI=1S/C16H23N3O/c1-11-9-13(7-8-19(11)2)17-16(20)15-10-12-5-3-4-6-14(12)18-15/h3-6,11,13,15,18H,7-10H2,1-2H3,(H,17,20). The van der Waals surface area contributed by atoms with Crippen LogP contribution in [0.3, 0.4) is 0 Å². The molecule has 4 nitrogen and oxygen atoms in total. The second-order valence-corrected chi connectivity index (χ2v) is 6.12. The number of anilines is 1. The van der Waals surface area contributed by atoms with Crippen LogP contribution >= 0.6 is 0 Å². The second-order valence-electron chi connectivity index (χ2n) is 6.12. The molecule has 1 saturated heterocycles. The van der Waals surface area contributed by atoms with Gasteiger partial charge >= 0.3 is 0 Å². The summed E-state index contributed by atoms with van der Waals surface area (Å²) in [5.41, 5.74) is 2.34. The summed E-state index contributed by atoms with van der Waals surface area (Å²) in [5.74, 6) is 0.142. The van der Waals surface area contributed by atoms with Gasteiger partial charge < -0.3 is 15.5 Å². The Kier molecular flexibility index (Phi) is 3.66. The van der Waals surface area contributed by atoms with Gasteiger partial charge in [-0.25, -0.2) is 0 Å². The third-order valence-electron chi connectivity index (χ3n) is 4.64. The van der Waals surface area contributed by atoms with Gasteiger partial charge in [-0.2, -0.15) is 0 Å². The number of piperidine rings is 1. The number of amides is 1. The molecular weight excluding hydrogens is 250 g/mol. The third kappa shape index (κ3) is 2.66. The number of fused-ring (bicyclic) bond motifs is 1. The molecule has 1 aromatic carbocycles. The van der Waals surface area contributed by atoms with Crippen LogP contribution in [0.1, 0.15) is 25.3 Å². The Labute approximate surface area is 120 Å². The van der Waals surface area contributed by atoms with Gasteiger partial charge in [0, 0.05) is 30.7 Å². The first-order valence-electron chi connectivity index (χ1n) is 7.48. The van der Waals surface area contributed by atoms with Gasteiger partial charge in [-0.3, -0.25) is 4.79 Å². The zero-order valence-electron chi connectivity index (χ0n) is 12.2. The van der Waals surface area contributed by atoms with Crippen molar-refractivity contribution in [3.05, 3.63) is 29.8 Å². The molecule has 20 heavy (non-hydrogen) atoms. The van der Waals surface area contributed by atoms with Crippen molar-refractivity contribution in [2.45, 2.75) is 44.3 Å². The second kappa shape index (κ2) is 5.44. The molecule has 108 valence electrons. The molecule has 0 aliphatic carbocycles. The Morgan fingerprint density at radius 2 is 2.20 bits per heavy atom. The van der Waals surface area contributed by atoms with E-state index in [0.29, 0.717) is 12.1 Å². The van der Waals surface area contributed by atoms with Gasteiger partial charge in [0.25, 0.3) is 0 Å². The maximum absolute atomic E-state index is 12.4. The minimum Gasteiger partial charge on any atom is -0.373 e. The monoisotopic (exact) mass is 273 g/mol. The van der Waals surface area contributed by atoms with Crippen LogP contribution in [0.2, 0.25) is 0 Å². The van der Waals surface area contributed by atoms with E-state index in [1.165, 1.54) is 5.56 Å². The lowest BCUT2D eigenvalue weighted by Gasteiger charge is -2.35. The Hall–Kier alpha value is -1.55. The minimum atomic E-state index is -0.109. The summed E-state index contributed by atoms with van der Waals surface area (Å²) in [5, 5.41) is 6.54. The van der Waals surface area contributed by atoms with Crippen molar-refractivity contribution in [3.8, 4) is 0 Å². The molecule has 2 aliphatic rings. The highest BCUT2D eigenvalue weighted by Gasteiger charge is 2.30. The van der Waals surface area contributed by atoms with Crippen molar-refractivity contribution in [1.82, 2.24) is 10.2 Å². The maximum atomic E-state index is 12.4. The highest BCUT2D eigenvalue weighted by molar-refractivity contribution is 5.87. The Bertz CT molecular complexity index is 477. The zero-order chi connectivity index (χ0) is 14.1. The van der Waals surface area contributed by atoms with Gasteiger partial charge in [0.15, 0.2) is 0 Å². The van der Waals surface area contributed by atoms with Crippen LogP contribution < -0.4 is 10.6 Å². The fraction of sp³-hybridized carbons (Fsp3) is 0.562. The van der Waals surface area contributed by atoms with Crippen molar-refractivity contribution in [1.29, 1.82) is 0 Å². The molecule has 3 atom stereocenters. The van der Waals surface area contributed by atoms with Crippen LogP contribution in [0.25, 0.3) is 0 Å². The van der Waals surface area contributed by atoms with Gasteiger partial charge in [-0.1, -0.05) is 18.2 Å². The van der Waals surface area contributed by atoms with Crippen LogP contribution in [0.5, 0.6) is 0 Å². The fourth-order valence-corrected chi connectivity index (χ4v) is 3.18. The molecule has 0 spiro atoms. The molecule has 1 fully saturated rings. The Balaban J connectivity index is 1.56. The van der Waals surface area contributed by atoms with E-state index in [4.69, 9.17) is 0 Å². The van der Waals surface area contributed by atoms with Crippen molar-refractivity contribution in [3.63, 3.8) is 0 Å². The minimum absolute atomic E-state index is 0.109. The van der Waals surface area contributed by atoms with Crippen molar-refractivity contribution in [2.24, 2.45) is 0 Å². The summed E-state index contributed by atoms with van der Waals surface area (Å²) >= 11 is 0. The molecular formula is C16H23N3O. The Morgan fingerprint density at radius 1 is 1.40 bits per heavy atom. The lowest BCUT2D eigenvalue weighted by Crippen LogP contribution is -2.50. The van der Waals surface area contributed by atoms with Crippen LogP contribution in [0, 0.1) is 0 Å². The van der Waals surface area contributed by atoms with E-state index < -0.39 is 0 Å². The molecule has 0 saturated carbocycles. The lowest BCUT2D eigenvalue weighted by atomic mass is 9.98. The number of para-hydroxylation sites is 1. The average molecular weight is 273 g/mol. The van der Waals surface area contributed by atoms with Crippen molar-refractivity contribution < 1.29 is 4.79 Å². The third-order valence-corrected chi connectivity index (χ3v) is 4.64. The summed E-state index contributed by atoms with van der Waals surface area (Å²) < 4.78 is 0. The van der Waals surface area contributed by atoms with Gasteiger partial charge in [-0.05, 0) is 38.4 Å². The highest BCUT2D eigenvalue weighted by atomic mass is 16.2. The highest BCUT2D eigenvalue weighted by Crippen LogP contribution is 2.25. The average Bonchev–Trinajstić information content (AvgIpc) is 2.87. The van der Waals surface area contributed by atoms with E-state index in [1.54, 1.807) is 0 Å². The van der Waals surface area contributed by atoms with Crippen molar-refractivity contribution >= 4 is 11.6 Å². The molecule has 0 radical (unpaired) electrons. The van der Waals surface area contributed by atoms with E-state index >= 15 is 0 Å². The van der Waals surface area contributed by atoms with Gasteiger partial charge in [0.2, 0.25) is 5.91 Å². The molecule has 2 heterocycles. The van der Waals surface area contributed by atoms with Crippen LogP contribution in [-0.2, 0) is 11.2 Å². The van der Waals surface area contributed by atoms with Crippen LogP contribution in [0.15, 0.2) is 24.3 Å². The molecule has 3 unspecified atom stereocenters. The van der Waals surface area contributed by atoms with Gasteiger partial charge in [0.05, 0.1) is 0 Å². The van der Waals surface area contributed by atoms with Crippen LogP contribution in [0.4, 0.5) is 5.69 Å². The summed E-state index contributed by atoms with van der Waals surface area (Å²) in [6, 6.07) is 8.92. The number of benzene rings is 1. The number of carbonyl (C=O) groups excluding carboxylic acids is 1. The first kappa shape index (κ1) is 13.4. The molecule has 1 aromatic rings. The summed E-state index contributed by atoms with van der Waals surface area (Å²) in [4.78, 5) is 14.7. The van der Waals surface area contributed by atoms with E-state index in [1.807, 2.05) is 18.2 Å². The smallest absolute Gasteiger partial charge is 0.243 e. The summed E-state index contributed by atoms with van der Waals surface area (Å²) in [6.45, 7) is 3.28. The van der Waals surface area contributed by atoms with Gasteiger partial charge in [0.1, 0.15) is 6.04 Å². The van der Waals surface area contributed by atoms with E-state index in [9.17, 15) is 4.79 Å². The van der Waals surface area contributed by atoms with Gasteiger partial charge in [-0.15, -0.1) is 0 Å². The molecule has 2 aliphatic heterocycles. The largest absolute Gasteiger partial charge is 0.373 e. The summed E-state index contributed by atoms with van der Waals surface area (Å²) in [7, 11) is 2.15. The maximum Gasteiger partial charge on any atom is 0.243 e. The molecule has 2 N–H and O–H groups in total. The number of nitrogens with one attached hydrogen (secondary N) is 2. The molecule has 0 aromatic heterocycles. The van der Waals surface area contributed by atoms with E-state index in [0.717, 1.165) is 31.5 Å². The lowest BCUT2D eigenvalue weighted by molar-refractivity contribution is -0.122. The number of hydrogen-bond donors (Lipinski definition) is 2. The topological polar surface area (TPSA) is 44.4 Å². The number of nitrogens with zero attached hydrogens (tertiary/aromatic N) is 1. The first-order valence-corrected chi connectivity index (χ1v) is 7.48.